The molecule has 0 unspecified atom stereocenters. The van der Waals surface area contributed by atoms with Gasteiger partial charge in [0, 0.05) is 0 Å². The summed E-state index contributed by atoms with van der Waals surface area (Å²) in [4.78, 5) is 0. The van der Waals surface area contributed by atoms with Crippen LogP contribution in [-0.2, 0) is 5.21 Å². The summed E-state index contributed by atoms with van der Waals surface area (Å²) in [5.74, 6) is 0. The lowest BCUT2D eigenvalue weighted by Crippen LogP contribution is -2.07. The Hall–Kier alpha value is -2.32. The van der Waals surface area contributed by atoms with Crippen LogP contribution in [0.2, 0.25) is 0 Å². The lowest BCUT2D eigenvalue weighted by atomic mass is 10.1. The summed E-state index contributed by atoms with van der Waals surface area (Å²) in [5.41, 5.74) is 1.30. The van der Waals surface area contributed by atoms with Crippen molar-refractivity contribution >= 4 is 22.1 Å². The summed E-state index contributed by atoms with van der Waals surface area (Å²) < 4.78 is 0. The van der Waals surface area contributed by atoms with Crippen molar-refractivity contribution in [1.29, 1.82) is 0 Å². The first-order valence-electron chi connectivity index (χ1n) is 5.86. The van der Waals surface area contributed by atoms with E-state index in [1.165, 1.54) is 0 Å². The first kappa shape index (κ1) is 10.8. The number of hydrogen-bond donors (Lipinski definition) is 0. The van der Waals surface area contributed by atoms with Gasteiger partial charge in [0.15, 0.2) is 0 Å². The summed E-state index contributed by atoms with van der Waals surface area (Å²) >= 11 is 0. The summed E-state index contributed by atoms with van der Waals surface area (Å²) in [6.07, 6.45) is 0. The second-order valence-electron chi connectivity index (χ2n) is 4.16. The van der Waals surface area contributed by atoms with E-state index in [0.717, 1.165) is 15.8 Å². The highest BCUT2D eigenvalue weighted by molar-refractivity contribution is 5.86. The van der Waals surface area contributed by atoms with Gasteiger partial charge in [-0.3, -0.25) is 0 Å². The number of anilines is 2. The Labute approximate surface area is 106 Å². The molecule has 18 heavy (non-hydrogen) atoms. The number of hydrogen-bond acceptors (Lipinski definition) is 1. The smallest absolute Gasteiger partial charge is 0.0733 e. The Bertz CT molecular complexity index is 664. The van der Waals surface area contributed by atoms with Crippen LogP contribution >= 0.6 is 0 Å². The van der Waals surface area contributed by atoms with E-state index < -0.39 is 0 Å². The van der Waals surface area contributed by atoms with Crippen molar-refractivity contribution in [2.24, 2.45) is 0 Å². The number of fused-ring (bicyclic) bond motifs is 1. The monoisotopic (exact) mass is 234 g/mol. The average Bonchev–Trinajstić information content (AvgIpc) is 2.47. The normalized spacial score (nSPS) is 10.5. The van der Waals surface area contributed by atoms with Crippen LogP contribution in [0, 0.1) is 0 Å². The van der Waals surface area contributed by atoms with Crippen LogP contribution < -0.4 is 5.06 Å². The SMILES string of the molecule is [O]N(c1ccccc1)c1ccc2ccccc2c1. The molecule has 1 radical (unpaired) electrons. The summed E-state index contributed by atoms with van der Waals surface area (Å²) in [6.45, 7) is 0. The molecule has 0 amide bonds. The van der Waals surface area contributed by atoms with Gasteiger partial charge < -0.3 is 0 Å². The molecule has 0 saturated carbocycles. The van der Waals surface area contributed by atoms with Gasteiger partial charge in [-0.2, -0.15) is 5.06 Å². The molecule has 0 heterocycles. The van der Waals surface area contributed by atoms with Crippen LogP contribution in [0.3, 0.4) is 0 Å². The quantitative estimate of drug-likeness (QED) is 0.605. The van der Waals surface area contributed by atoms with E-state index in [-0.39, 0.29) is 0 Å². The highest BCUT2D eigenvalue weighted by atomic mass is 16.5. The van der Waals surface area contributed by atoms with Gasteiger partial charge in [-0.05, 0) is 35.0 Å². The van der Waals surface area contributed by atoms with E-state index in [9.17, 15) is 5.21 Å². The largest absolute Gasteiger partial charge is 0.188 e. The molecule has 0 N–H and O–H groups in total. The molecule has 0 aliphatic rings. The third-order valence-electron chi connectivity index (χ3n) is 2.96. The van der Waals surface area contributed by atoms with Crippen molar-refractivity contribution in [3.63, 3.8) is 0 Å². The third kappa shape index (κ3) is 1.94. The fourth-order valence-corrected chi connectivity index (χ4v) is 2.02. The van der Waals surface area contributed by atoms with Crippen LogP contribution in [0.5, 0.6) is 0 Å². The highest BCUT2D eigenvalue weighted by Crippen LogP contribution is 2.26. The second-order valence-corrected chi connectivity index (χ2v) is 4.16. The number of nitrogens with zero attached hydrogens (tertiary/aromatic N) is 1. The molecule has 2 nitrogen and oxygen atoms in total. The van der Waals surface area contributed by atoms with Gasteiger partial charge >= 0.3 is 0 Å². The van der Waals surface area contributed by atoms with Crippen LogP contribution in [0.15, 0.2) is 72.8 Å². The minimum Gasteiger partial charge on any atom is -0.188 e. The van der Waals surface area contributed by atoms with E-state index in [1.54, 1.807) is 0 Å². The Morgan fingerprint density at radius 2 is 1.28 bits per heavy atom. The zero-order valence-corrected chi connectivity index (χ0v) is 9.78. The van der Waals surface area contributed by atoms with E-state index >= 15 is 0 Å². The van der Waals surface area contributed by atoms with Crippen molar-refractivity contribution in [3.8, 4) is 0 Å². The Morgan fingerprint density at radius 3 is 2.06 bits per heavy atom. The first-order valence-corrected chi connectivity index (χ1v) is 5.86. The van der Waals surface area contributed by atoms with Gasteiger partial charge in [0.25, 0.3) is 0 Å². The zero-order valence-electron chi connectivity index (χ0n) is 9.78. The molecule has 2 heteroatoms. The van der Waals surface area contributed by atoms with Crippen LogP contribution in [0.1, 0.15) is 0 Å². The van der Waals surface area contributed by atoms with Gasteiger partial charge in [-0.1, -0.05) is 53.7 Å². The van der Waals surface area contributed by atoms with Crippen molar-refractivity contribution in [2.75, 3.05) is 5.06 Å². The maximum Gasteiger partial charge on any atom is 0.0733 e. The Kier molecular flexibility index (Phi) is 2.71. The molecule has 0 spiro atoms. The number of rotatable bonds is 2. The maximum atomic E-state index is 12.2. The molecule has 0 saturated heterocycles. The van der Waals surface area contributed by atoms with Crippen LogP contribution in [0.25, 0.3) is 10.8 Å². The van der Waals surface area contributed by atoms with Crippen molar-refractivity contribution in [3.05, 3.63) is 72.8 Å². The van der Waals surface area contributed by atoms with Crippen molar-refractivity contribution < 1.29 is 5.21 Å². The van der Waals surface area contributed by atoms with E-state index in [4.69, 9.17) is 0 Å². The summed E-state index contributed by atoms with van der Waals surface area (Å²) in [5, 5.41) is 15.4. The van der Waals surface area contributed by atoms with Gasteiger partial charge in [0.05, 0.1) is 11.4 Å². The molecule has 3 aromatic rings. The molecule has 3 aromatic carbocycles. The minimum atomic E-state index is 0.646. The molecule has 0 fully saturated rings. The van der Waals surface area contributed by atoms with Crippen LogP contribution in [-0.4, -0.2) is 0 Å². The van der Waals surface area contributed by atoms with Gasteiger partial charge in [-0.25, -0.2) is 0 Å². The molecule has 0 aliphatic carbocycles. The highest BCUT2D eigenvalue weighted by Gasteiger charge is 2.07. The molecule has 0 aromatic heterocycles. The Balaban J connectivity index is 2.04. The first-order chi connectivity index (χ1) is 8.84. The molecule has 0 bridgehead atoms. The minimum absolute atomic E-state index is 0.646. The van der Waals surface area contributed by atoms with Gasteiger partial charge in [0.2, 0.25) is 0 Å². The molecule has 0 aliphatic heterocycles. The average molecular weight is 234 g/mol. The molecule has 0 atom stereocenters. The van der Waals surface area contributed by atoms with Gasteiger partial charge in [-0.15, -0.1) is 0 Å². The zero-order chi connectivity index (χ0) is 12.4. The lowest BCUT2D eigenvalue weighted by Gasteiger charge is -2.14. The summed E-state index contributed by atoms with van der Waals surface area (Å²) in [6, 6.07) is 23.0. The standard InChI is InChI=1S/C16H12NO/c18-17(15-8-2-1-3-9-15)16-11-10-13-6-4-5-7-14(13)12-16/h1-12H. The summed E-state index contributed by atoms with van der Waals surface area (Å²) in [7, 11) is 0. The second kappa shape index (κ2) is 4.51. The topological polar surface area (TPSA) is 23.1 Å². The van der Waals surface area contributed by atoms with E-state index in [0.29, 0.717) is 11.4 Å². The maximum absolute atomic E-state index is 12.2. The molecular formula is C16H12NO. The number of para-hydroxylation sites is 1. The molecular weight excluding hydrogens is 222 g/mol. The molecule has 87 valence electrons. The fraction of sp³-hybridized carbons (Fsp3) is 0. The van der Waals surface area contributed by atoms with Crippen molar-refractivity contribution in [2.45, 2.75) is 0 Å². The van der Waals surface area contributed by atoms with Crippen LogP contribution in [0.4, 0.5) is 11.4 Å². The Morgan fingerprint density at radius 1 is 0.611 bits per heavy atom. The predicted octanol–water partition coefficient (Wildman–Crippen LogP) is 4.32. The van der Waals surface area contributed by atoms with E-state index in [2.05, 4.69) is 0 Å². The lowest BCUT2D eigenvalue weighted by molar-refractivity contribution is 0.196. The number of benzene rings is 3. The molecule has 3 rings (SSSR count). The predicted molar refractivity (Wildman–Crippen MR) is 73.2 cm³/mol. The van der Waals surface area contributed by atoms with Gasteiger partial charge in [0.1, 0.15) is 0 Å². The fourth-order valence-electron chi connectivity index (χ4n) is 2.02. The van der Waals surface area contributed by atoms with E-state index in [1.807, 2.05) is 72.8 Å². The van der Waals surface area contributed by atoms with Crippen molar-refractivity contribution in [1.82, 2.24) is 0 Å². The third-order valence-corrected chi connectivity index (χ3v) is 2.96.